The Bertz CT molecular complexity index is 673. The summed E-state index contributed by atoms with van der Waals surface area (Å²) in [6.45, 7) is 2.42. The van der Waals surface area contributed by atoms with Gasteiger partial charge in [-0.25, -0.2) is 4.98 Å². The Labute approximate surface area is 135 Å². The van der Waals surface area contributed by atoms with E-state index in [1.54, 1.807) is 6.20 Å². The molecule has 1 heterocycles. The Kier molecular flexibility index (Phi) is 4.77. The van der Waals surface area contributed by atoms with Gasteiger partial charge < -0.3 is 4.42 Å². The minimum absolute atomic E-state index is 0.533. The lowest BCUT2D eigenvalue weighted by Gasteiger charge is -2.18. The number of hydrogen-bond donors (Lipinski definition) is 0. The van der Waals surface area contributed by atoms with Crippen LogP contribution in [0.15, 0.2) is 34.9 Å². The van der Waals surface area contributed by atoms with E-state index in [4.69, 9.17) is 21.3 Å². The average Bonchev–Trinajstić information content (AvgIpc) is 3.22. The summed E-state index contributed by atoms with van der Waals surface area (Å²) in [4.78, 5) is 6.61. The van der Waals surface area contributed by atoms with E-state index in [0.717, 1.165) is 24.6 Å². The molecule has 0 amide bonds. The zero-order valence-electron chi connectivity index (χ0n) is 12.3. The number of nitriles is 1. The molecule has 0 unspecified atom stereocenters. The molecule has 0 N–H and O–H groups in total. The topological polar surface area (TPSA) is 53.1 Å². The van der Waals surface area contributed by atoms with E-state index in [0.29, 0.717) is 29.6 Å². The highest BCUT2D eigenvalue weighted by Gasteiger charge is 2.25. The molecule has 2 aromatic rings. The summed E-state index contributed by atoms with van der Waals surface area (Å²) in [6.07, 6.45) is 4.83. The Morgan fingerprint density at radius 2 is 2.18 bits per heavy atom. The van der Waals surface area contributed by atoms with Gasteiger partial charge in [0, 0.05) is 25.1 Å². The van der Waals surface area contributed by atoms with Crippen molar-refractivity contribution in [2.75, 3.05) is 13.1 Å². The van der Waals surface area contributed by atoms with Crippen LogP contribution in [0.25, 0.3) is 11.3 Å². The molecule has 3 rings (SSSR count). The van der Waals surface area contributed by atoms with E-state index in [1.807, 2.05) is 24.3 Å². The molecule has 4 nitrogen and oxygen atoms in total. The summed E-state index contributed by atoms with van der Waals surface area (Å²) < 4.78 is 5.84. The molecule has 1 aliphatic carbocycles. The maximum Gasteiger partial charge on any atom is 0.209 e. The molecule has 0 bridgehead atoms. The molecule has 1 aromatic heterocycles. The predicted octanol–water partition coefficient (Wildman–Crippen LogP) is 4.12. The first-order valence-corrected chi connectivity index (χ1v) is 7.93. The molecule has 1 fully saturated rings. The van der Waals surface area contributed by atoms with Crippen LogP contribution in [0.5, 0.6) is 0 Å². The van der Waals surface area contributed by atoms with Crippen molar-refractivity contribution < 1.29 is 4.42 Å². The van der Waals surface area contributed by atoms with Crippen LogP contribution in [0.1, 0.15) is 25.2 Å². The molecule has 0 atom stereocenters. The highest BCUT2D eigenvalue weighted by molar-refractivity contribution is 6.33. The number of oxazole rings is 1. The maximum absolute atomic E-state index is 8.78. The van der Waals surface area contributed by atoms with Gasteiger partial charge in [-0.05, 0) is 30.9 Å². The molecule has 0 aliphatic heterocycles. The summed E-state index contributed by atoms with van der Waals surface area (Å²) in [5.74, 6) is 2.14. The van der Waals surface area contributed by atoms with Gasteiger partial charge in [0.05, 0.1) is 23.8 Å². The fraction of sp³-hybridized carbons (Fsp3) is 0.412. The zero-order valence-corrected chi connectivity index (χ0v) is 13.1. The highest BCUT2D eigenvalue weighted by Crippen LogP contribution is 2.31. The predicted molar refractivity (Wildman–Crippen MR) is 85.2 cm³/mol. The summed E-state index contributed by atoms with van der Waals surface area (Å²) in [5, 5.41) is 9.44. The van der Waals surface area contributed by atoms with Crippen molar-refractivity contribution in [1.29, 1.82) is 5.26 Å². The van der Waals surface area contributed by atoms with Crippen LogP contribution in [0, 0.1) is 17.2 Å². The van der Waals surface area contributed by atoms with Crippen LogP contribution in [-0.2, 0) is 6.54 Å². The average molecular weight is 316 g/mol. The van der Waals surface area contributed by atoms with Crippen molar-refractivity contribution in [3.05, 3.63) is 41.4 Å². The summed E-state index contributed by atoms with van der Waals surface area (Å²) >= 11 is 6.19. The highest BCUT2D eigenvalue weighted by atomic mass is 35.5. The minimum Gasteiger partial charge on any atom is -0.439 e. The Hall–Kier alpha value is -1.83. The van der Waals surface area contributed by atoms with Crippen LogP contribution >= 0.6 is 11.6 Å². The van der Waals surface area contributed by atoms with E-state index < -0.39 is 0 Å². The van der Waals surface area contributed by atoms with E-state index in [9.17, 15) is 0 Å². The number of benzene rings is 1. The molecule has 1 aliphatic rings. The molecule has 22 heavy (non-hydrogen) atoms. The van der Waals surface area contributed by atoms with E-state index >= 15 is 0 Å². The van der Waals surface area contributed by atoms with Gasteiger partial charge in [-0.3, -0.25) is 4.90 Å². The third kappa shape index (κ3) is 3.88. The Balaban J connectivity index is 1.69. The number of hydrogen-bond acceptors (Lipinski definition) is 4. The van der Waals surface area contributed by atoms with E-state index in [-0.39, 0.29) is 0 Å². The van der Waals surface area contributed by atoms with Crippen molar-refractivity contribution in [3.63, 3.8) is 0 Å². The van der Waals surface area contributed by atoms with Crippen LogP contribution in [0.4, 0.5) is 0 Å². The molecule has 1 aromatic carbocycles. The van der Waals surface area contributed by atoms with Crippen molar-refractivity contribution in [2.45, 2.75) is 25.8 Å². The quantitative estimate of drug-likeness (QED) is 0.771. The molecule has 1 saturated carbocycles. The van der Waals surface area contributed by atoms with Gasteiger partial charge in [-0.15, -0.1) is 0 Å². The first-order chi connectivity index (χ1) is 10.8. The number of rotatable bonds is 7. The Morgan fingerprint density at radius 3 is 2.91 bits per heavy atom. The summed E-state index contributed by atoms with van der Waals surface area (Å²) in [7, 11) is 0. The van der Waals surface area contributed by atoms with Crippen LogP contribution in [0.2, 0.25) is 5.02 Å². The normalized spacial score (nSPS) is 14.2. The molecular weight excluding hydrogens is 298 g/mol. The monoisotopic (exact) mass is 315 g/mol. The third-order valence-corrected chi connectivity index (χ3v) is 4.13. The second-order valence-corrected chi connectivity index (χ2v) is 6.09. The van der Waals surface area contributed by atoms with Crippen molar-refractivity contribution in [2.24, 2.45) is 5.92 Å². The molecule has 0 saturated heterocycles. The lowest BCUT2D eigenvalue weighted by Crippen LogP contribution is -2.26. The van der Waals surface area contributed by atoms with Crippen molar-refractivity contribution in [1.82, 2.24) is 9.88 Å². The smallest absolute Gasteiger partial charge is 0.209 e. The zero-order chi connectivity index (χ0) is 15.4. The lowest BCUT2D eigenvalue weighted by molar-refractivity contribution is 0.235. The van der Waals surface area contributed by atoms with Gasteiger partial charge in [0.15, 0.2) is 5.76 Å². The second kappa shape index (κ2) is 6.95. The van der Waals surface area contributed by atoms with Gasteiger partial charge in [-0.2, -0.15) is 5.26 Å². The van der Waals surface area contributed by atoms with Crippen molar-refractivity contribution in [3.8, 4) is 17.4 Å². The SMILES string of the molecule is N#CCCN(Cc1ncc(-c2ccccc2Cl)o1)CC1CC1. The van der Waals surface area contributed by atoms with Crippen LogP contribution < -0.4 is 0 Å². The van der Waals surface area contributed by atoms with Gasteiger partial charge >= 0.3 is 0 Å². The molecular formula is C17H18ClN3O. The fourth-order valence-corrected chi connectivity index (χ4v) is 2.70. The standard InChI is InChI=1S/C17H18ClN3O/c18-15-5-2-1-4-14(15)16-10-20-17(22-16)12-21(9-3-8-19)11-13-6-7-13/h1-2,4-5,10,13H,3,6-7,9,11-12H2. The Morgan fingerprint density at radius 1 is 1.36 bits per heavy atom. The minimum atomic E-state index is 0.533. The van der Waals surface area contributed by atoms with E-state index in [1.165, 1.54) is 12.8 Å². The van der Waals surface area contributed by atoms with E-state index in [2.05, 4.69) is 16.0 Å². The fourth-order valence-electron chi connectivity index (χ4n) is 2.47. The molecule has 0 spiro atoms. The van der Waals surface area contributed by atoms with Crippen LogP contribution in [0.3, 0.4) is 0 Å². The summed E-state index contributed by atoms with van der Waals surface area (Å²) in [6, 6.07) is 9.78. The van der Waals surface area contributed by atoms with Crippen LogP contribution in [-0.4, -0.2) is 23.0 Å². The van der Waals surface area contributed by atoms with Crippen molar-refractivity contribution >= 4 is 11.6 Å². The first-order valence-electron chi connectivity index (χ1n) is 7.55. The first kappa shape index (κ1) is 15.1. The van der Waals surface area contributed by atoms with Gasteiger partial charge in [0.1, 0.15) is 0 Å². The number of halogens is 1. The summed E-state index contributed by atoms with van der Waals surface area (Å²) in [5.41, 5.74) is 0.855. The van der Waals surface area contributed by atoms with Gasteiger partial charge in [0.25, 0.3) is 0 Å². The largest absolute Gasteiger partial charge is 0.439 e. The van der Waals surface area contributed by atoms with Gasteiger partial charge in [-0.1, -0.05) is 23.7 Å². The maximum atomic E-state index is 8.78. The molecule has 5 heteroatoms. The third-order valence-electron chi connectivity index (χ3n) is 3.80. The molecule has 0 radical (unpaired) electrons. The number of aromatic nitrogens is 1. The number of nitrogens with zero attached hydrogens (tertiary/aromatic N) is 3. The van der Waals surface area contributed by atoms with Gasteiger partial charge in [0.2, 0.25) is 5.89 Å². The molecule has 114 valence electrons. The second-order valence-electron chi connectivity index (χ2n) is 5.68. The lowest BCUT2D eigenvalue weighted by atomic mass is 10.2.